The molecule has 9 heteroatoms. The molecule has 0 saturated carbocycles. The molecular formula is C23H25N7O2. The van der Waals surface area contributed by atoms with Crippen LogP contribution in [0.5, 0.6) is 0 Å². The molecule has 1 fully saturated rings. The van der Waals surface area contributed by atoms with Gasteiger partial charge in [-0.3, -0.25) is 9.69 Å². The summed E-state index contributed by atoms with van der Waals surface area (Å²) in [4.78, 5) is 27.5. The summed E-state index contributed by atoms with van der Waals surface area (Å²) >= 11 is 0. The van der Waals surface area contributed by atoms with Crippen molar-refractivity contribution < 1.29 is 9.53 Å². The first-order chi connectivity index (χ1) is 15.5. The highest BCUT2D eigenvalue weighted by atomic mass is 16.5. The van der Waals surface area contributed by atoms with Crippen molar-refractivity contribution in [2.75, 3.05) is 31.6 Å². The number of H-pyrrole nitrogens is 1. The van der Waals surface area contributed by atoms with Gasteiger partial charge in [-0.1, -0.05) is 0 Å². The fourth-order valence-electron chi connectivity index (χ4n) is 3.90. The van der Waals surface area contributed by atoms with E-state index in [0.29, 0.717) is 17.1 Å². The van der Waals surface area contributed by atoms with Crippen molar-refractivity contribution >= 4 is 22.6 Å². The van der Waals surface area contributed by atoms with E-state index in [4.69, 9.17) is 4.74 Å². The molecule has 0 spiro atoms. The minimum Gasteiger partial charge on any atom is -0.379 e. The summed E-state index contributed by atoms with van der Waals surface area (Å²) in [5.41, 5.74) is 4.87. The first-order valence-electron chi connectivity index (χ1n) is 10.6. The number of anilines is 1. The standard InChI is InChI=1S/C23H25N7O2/c1-15-11-16(2)30(28-15)22-6-3-17(13-24-22)23(31)25-18-4-5-19-20(12-18)27-21(26-19)14-29-7-9-32-10-8-29/h3-6,11-13H,7-10,14H2,1-2H3,(H,25,31)(H,26,27). The molecule has 1 amide bonds. The van der Waals surface area contributed by atoms with E-state index in [2.05, 4.69) is 30.3 Å². The number of pyridine rings is 1. The van der Waals surface area contributed by atoms with Gasteiger partial charge < -0.3 is 15.0 Å². The number of aryl methyl sites for hydroxylation is 2. The number of fused-ring (bicyclic) bond motifs is 1. The topological polar surface area (TPSA) is 101 Å². The number of carbonyl (C=O) groups excluding carboxylic acids is 1. The number of amides is 1. The summed E-state index contributed by atoms with van der Waals surface area (Å²) in [6, 6.07) is 11.2. The average Bonchev–Trinajstić information content (AvgIpc) is 3.35. The Morgan fingerprint density at radius 3 is 2.72 bits per heavy atom. The van der Waals surface area contributed by atoms with Crippen LogP contribution in [-0.2, 0) is 11.3 Å². The van der Waals surface area contributed by atoms with E-state index >= 15 is 0 Å². The van der Waals surface area contributed by atoms with Crippen molar-refractivity contribution in [3.63, 3.8) is 0 Å². The van der Waals surface area contributed by atoms with Crippen LogP contribution in [0.2, 0.25) is 0 Å². The van der Waals surface area contributed by atoms with E-state index in [9.17, 15) is 4.79 Å². The summed E-state index contributed by atoms with van der Waals surface area (Å²) < 4.78 is 7.16. The molecule has 0 aliphatic carbocycles. The number of hydrogen-bond acceptors (Lipinski definition) is 6. The third kappa shape index (κ3) is 4.25. The summed E-state index contributed by atoms with van der Waals surface area (Å²) in [5.74, 6) is 1.37. The van der Waals surface area contributed by atoms with Crippen LogP contribution in [0, 0.1) is 13.8 Å². The third-order valence-corrected chi connectivity index (χ3v) is 5.50. The Balaban J connectivity index is 1.28. The summed E-state index contributed by atoms with van der Waals surface area (Å²) in [6.45, 7) is 8.00. The number of aromatic amines is 1. The molecule has 4 heterocycles. The maximum Gasteiger partial charge on any atom is 0.257 e. The lowest BCUT2D eigenvalue weighted by atomic mass is 10.2. The monoisotopic (exact) mass is 431 g/mol. The van der Waals surface area contributed by atoms with Gasteiger partial charge in [0.1, 0.15) is 5.82 Å². The van der Waals surface area contributed by atoms with Crippen molar-refractivity contribution in [2.24, 2.45) is 0 Å². The number of carbonyl (C=O) groups is 1. The van der Waals surface area contributed by atoms with Crippen molar-refractivity contribution in [1.82, 2.24) is 29.6 Å². The van der Waals surface area contributed by atoms with Crippen LogP contribution in [0.1, 0.15) is 27.6 Å². The van der Waals surface area contributed by atoms with Gasteiger partial charge in [0, 0.05) is 30.7 Å². The molecule has 2 N–H and O–H groups in total. The fourth-order valence-corrected chi connectivity index (χ4v) is 3.90. The van der Waals surface area contributed by atoms with Crippen LogP contribution in [0.15, 0.2) is 42.6 Å². The first kappa shape index (κ1) is 20.3. The van der Waals surface area contributed by atoms with Crippen LogP contribution < -0.4 is 5.32 Å². The Morgan fingerprint density at radius 1 is 1.16 bits per heavy atom. The Morgan fingerprint density at radius 2 is 2.00 bits per heavy atom. The lowest BCUT2D eigenvalue weighted by molar-refractivity contribution is 0.0332. The lowest BCUT2D eigenvalue weighted by Crippen LogP contribution is -2.35. The Bertz CT molecular complexity index is 1250. The number of morpholine rings is 1. The van der Waals surface area contributed by atoms with Crippen LogP contribution in [0.25, 0.3) is 16.9 Å². The van der Waals surface area contributed by atoms with Crippen LogP contribution in [0.4, 0.5) is 5.69 Å². The van der Waals surface area contributed by atoms with E-state index in [0.717, 1.165) is 61.1 Å². The number of nitrogens with one attached hydrogen (secondary N) is 2. The molecule has 0 bridgehead atoms. The van der Waals surface area contributed by atoms with Crippen molar-refractivity contribution in [3.05, 3.63) is 65.4 Å². The van der Waals surface area contributed by atoms with Crippen molar-refractivity contribution in [3.8, 4) is 5.82 Å². The molecule has 5 rings (SSSR count). The number of benzene rings is 1. The molecule has 3 aromatic heterocycles. The van der Waals surface area contributed by atoms with Gasteiger partial charge in [-0.05, 0) is 50.2 Å². The average molecular weight is 432 g/mol. The second kappa shape index (κ2) is 8.52. The van der Waals surface area contributed by atoms with Gasteiger partial charge in [0.2, 0.25) is 0 Å². The molecule has 9 nitrogen and oxygen atoms in total. The molecular weight excluding hydrogens is 406 g/mol. The van der Waals surface area contributed by atoms with Gasteiger partial charge in [-0.2, -0.15) is 5.10 Å². The van der Waals surface area contributed by atoms with E-state index in [1.54, 1.807) is 23.0 Å². The van der Waals surface area contributed by atoms with Gasteiger partial charge in [0.15, 0.2) is 5.82 Å². The maximum absolute atomic E-state index is 12.7. The molecule has 1 aromatic carbocycles. The molecule has 32 heavy (non-hydrogen) atoms. The second-order valence-electron chi connectivity index (χ2n) is 8.00. The number of ether oxygens (including phenoxy) is 1. The van der Waals surface area contributed by atoms with E-state index in [1.807, 2.05) is 38.1 Å². The van der Waals surface area contributed by atoms with Gasteiger partial charge in [0.25, 0.3) is 5.91 Å². The highest BCUT2D eigenvalue weighted by Crippen LogP contribution is 2.19. The van der Waals surface area contributed by atoms with Crippen LogP contribution in [0.3, 0.4) is 0 Å². The molecule has 1 saturated heterocycles. The molecule has 0 atom stereocenters. The second-order valence-corrected chi connectivity index (χ2v) is 8.00. The number of imidazole rings is 1. The zero-order valence-electron chi connectivity index (χ0n) is 18.1. The summed E-state index contributed by atoms with van der Waals surface area (Å²) in [6.07, 6.45) is 1.57. The van der Waals surface area contributed by atoms with Crippen LogP contribution in [-0.4, -0.2) is 61.8 Å². The normalized spacial score (nSPS) is 14.7. The zero-order chi connectivity index (χ0) is 22.1. The van der Waals surface area contributed by atoms with E-state index < -0.39 is 0 Å². The highest BCUT2D eigenvalue weighted by Gasteiger charge is 2.14. The lowest BCUT2D eigenvalue weighted by Gasteiger charge is -2.25. The van der Waals surface area contributed by atoms with Crippen LogP contribution >= 0.6 is 0 Å². The Kier molecular flexibility index (Phi) is 5.42. The van der Waals surface area contributed by atoms with Crippen molar-refractivity contribution in [2.45, 2.75) is 20.4 Å². The minimum atomic E-state index is -0.218. The molecule has 164 valence electrons. The predicted molar refractivity (Wildman–Crippen MR) is 121 cm³/mol. The fraction of sp³-hybridized carbons (Fsp3) is 0.304. The first-order valence-corrected chi connectivity index (χ1v) is 10.6. The van der Waals surface area contributed by atoms with Crippen molar-refractivity contribution in [1.29, 1.82) is 0 Å². The van der Waals surface area contributed by atoms with E-state index in [-0.39, 0.29) is 5.91 Å². The smallest absolute Gasteiger partial charge is 0.257 e. The molecule has 0 unspecified atom stereocenters. The Hall–Kier alpha value is -3.56. The number of aromatic nitrogens is 5. The highest BCUT2D eigenvalue weighted by molar-refractivity contribution is 6.04. The quantitative estimate of drug-likeness (QED) is 0.504. The number of nitrogens with zero attached hydrogens (tertiary/aromatic N) is 5. The molecule has 1 aliphatic rings. The SMILES string of the molecule is Cc1cc(C)n(-c2ccc(C(=O)Nc3ccc4nc(CN5CCOCC5)[nH]c4c3)cn2)n1. The molecule has 4 aromatic rings. The Labute approximate surface area is 185 Å². The largest absolute Gasteiger partial charge is 0.379 e. The van der Waals surface area contributed by atoms with E-state index in [1.165, 1.54) is 0 Å². The summed E-state index contributed by atoms with van der Waals surface area (Å²) in [7, 11) is 0. The van der Waals surface area contributed by atoms with Gasteiger partial charge in [0.05, 0.1) is 42.0 Å². The maximum atomic E-state index is 12.7. The zero-order valence-corrected chi connectivity index (χ0v) is 18.1. The minimum absolute atomic E-state index is 0.218. The van der Waals surface area contributed by atoms with Gasteiger partial charge in [-0.15, -0.1) is 0 Å². The molecule has 1 aliphatic heterocycles. The van der Waals surface area contributed by atoms with Gasteiger partial charge in [-0.25, -0.2) is 14.6 Å². The predicted octanol–water partition coefficient (Wildman–Crippen LogP) is 2.84. The summed E-state index contributed by atoms with van der Waals surface area (Å²) in [5, 5.41) is 7.37. The van der Waals surface area contributed by atoms with Gasteiger partial charge >= 0.3 is 0 Å². The molecule has 0 radical (unpaired) electrons. The number of rotatable bonds is 5. The third-order valence-electron chi connectivity index (χ3n) is 5.50. The number of hydrogen-bond donors (Lipinski definition) is 2.